The molecule has 1 N–H and O–H groups in total. The number of ketones is 1. The average Bonchev–Trinajstić information content (AvgIpc) is 3.31. The summed E-state index contributed by atoms with van der Waals surface area (Å²) in [6.45, 7) is 12.7. The number of rotatable bonds is 8. The Hall–Kier alpha value is -2.23. The molecule has 7 aliphatic rings. The van der Waals surface area contributed by atoms with Gasteiger partial charge in [-0.25, -0.2) is 4.79 Å². The summed E-state index contributed by atoms with van der Waals surface area (Å²) < 4.78 is 32.4. The van der Waals surface area contributed by atoms with E-state index in [0.717, 1.165) is 56.3 Å². The summed E-state index contributed by atoms with van der Waals surface area (Å²) in [5, 5.41) is 12.6. The summed E-state index contributed by atoms with van der Waals surface area (Å²) in [6.07, 6.45) is 8.04. The van der Waals surface area contributed by atoms with E-state index in [0.29, 0.717) is 38.0 Å². The fourth-order valence-electron chi connectivity index (χ4n) is 12.7. The van der Waals surface area contributed by atoms with Crippen LogP contribution in [0.1, 0.15) is 130 Å². The first-order chi connectivity index (χ1) is 22.8. The molecule has 0 amide bonds. The number of fused-ring (bicyclic) bond motifs is 2. The fourth-order valence-corrected chi connectivity index (χ4v) is 12.7. The van der Waals surface area contributed by atoms with Crippen molar-refractivity contribution >= 4 is 17.7 Å². The van der Waals surface area contributed by atoms with Gasteiger partial charge in [0.1, 0.15) is 30.2 Å². The predicted molar refractivity (Wildman–Crippen MR) is 173 cm³/mol. The molecule has 0 aromatic carbocycles. The highest BCUT2D eigenvalue weighted by atomic mass is 16.7. The van der Waals surface area contributed by atoms with E-state index in [1.807, 2.05) is 19.9 Å². The number of aryl methyl sites for hydroxylation is 1. The highest BCUT2D eigenvalue weighted by molar-refractivity contribution is 5.92. The topological polar surface area (TPSA) is 125 Å². The monoisotopic (exact) mass is 666 g/mol. The molecule has 7 fully saturated rings. The van der Waals surface area contributed by atoms with Crippen LogP contribution < -0.4 is 0 Å². The standard InChI is InChI=1S/C39H54O9/c1-7-8-9-12-24-23(15-20-44-24)29-34(4)18-14-25-36(6,39(34)30(47-39)31(42)46-29)28(41)26(40)27-35(5,19-13-22(2)3)48-32-37(16-10-11-17-37)33(43)45-21-38(25,27)32/h15,20,22,25,27-30,32,41H,7-14,16-19,21H2,1-6H3/t25-,27+,28+,29-,30+,32-,34-,35-,36-,38+,39+/m0/s1. The molecule has 1 aromatic heterocycles. The van der Waals surface area contributed by atoms with E-state index in [-0.39, 0.29) is 24.3 Å². The van der Waals surface area contributed by atoms with Gasteiger partial charge in [-0.1, -0.05) is 60.3 Å². The summed E-state index contributed by atoms with van der Waals surface area (Å²) in [5.74, 6) is -0.656. The fraction of sp³-hybridized carbons (Fsp3) is 0.821. The first kappa shape index (κ1) is 32.9. The molecule has 9 heteroatoms. The minimum atomic E-state index is -1.39. The quantitative estimate of drug-likeness (QED) is 0.190. The number of ether oxygens (including phenoxy) is 4. The van der Waals surface area contributed by atoms with Crippen molar-refractivity contribution in [1.82, 2.24) is 0 Å². The lowest BCUT2D eigenvalue weighted by atomic mass is 9.35. The lowest BCUT2D eigenvalue weighted by Crippen LogP contribution is -2.77. The molecule has 3 aliphatic carbocycles. The highest BCUT2D eigenvalue weighted by Crippen LogP contribution is 2.81. The molecular formula is C39H54O9. The van der Waals surface area contributed by atoms with Crippen LogP contribution in [0.25, 0.3) is 0 Å². The van der Waals surface area contributed by atoms with E-state index < -0.39 is 69.2 Å². The lowest BCUT2D eigenvalue weighted by Gasteiger charge is -2.67. The van der Waals surface area contributed by atoms with Crippen molar-refractivity contribution < 1.29 is 42.9 Å². The maximum Gasteiger partial charge on any atom is 0.339 e. The van der Waals surface area contributed by atoms with Crippen LogP contribution >= 0.6 is 0 Å². The van der Waals surface area contributed by atoms with E-state index in [9.17, 15) is 14.7 Å². The van der Waals surface area contributed by atoms with E-state index in [4.69, 9.17) is 23.4 Å². The van der Waals surface area contributed by atoms with E-state index in [2.05, 4.69) is 27.7 Å². The number of hydrogen-bond donors (Lipinski definition) is 1. The molecule has 0 unspecified atom stereocenters. The Balaban J connectivity index is 1.27. The number of cyclic esters (lactones) is 2. The number of aliphatic hydroxyl groups excluding tert-OH is 1. The molecule has 8 rings (SSSR count). The van der Waals surface area contributed by atoms with Gasteiger partial charge in [0.05, 0.1) is 29.3 Å². The third-order valence-electron chi connectivity index (χ3n) is 14.9. The number of aliphatic hydroxyl groups is 1. The number of furan rings is 1. The molecule has 1 aromatic rings. The van der Waals surface area contributed by atoms with Crippen LogP contribution in [0.15, 0.2) is 16.7 Å². The van der Waals surface area contributed by atoms with Gasteiger partial charge in [0.2, 0.25) is 0 Å². The number of hydrogen-bond acceptors (Lipinski definition) is 9. The maximum atomic E-state index is 15.1. The van der Waals surface area contributed by atoms with Crippen molar-refractivity contribution in [2.45, 2.75) is 154 Å². The summed E-state index contributed by atoms with van der Waals surface area (Å²) in [4.78, 5) is 42.9. The van der Waals surface area contributed by atoms with E-state index in [1.165, 1.54) is 0 Å². The van der Waals surface area contributed by atoms with Crippen LogP contribution in [0, 0.1) is 39.4 Å². The Bertz CT molecular complexity index is 1510. The first-order valence-electron chi connectivity index (χ1n) is 18.8. The minimum Gasteiger partial charge on any atom is -0.469 e. The van der Waals surface area contributed by atoms with Gasteiger partial charge < -0.3 is 28.5 Å². The third kappa shape index (κ3) is 3.77. The van der Waals surface area contributed by atoms with Crippen LogP contribution in [0.5, 0.6) is 0 Å². The summed E-state index contributed by atoms with van der Waals surface area (Å²) in [5.41, 5.74) is -4.73. The van der Waals surface area contributed by atoms with Crippen molar-refractivity contribution in [2.75, 3.05) is 6.61 Å². The van der Waals surface area contributed by atoms with Gasteiger partial charge in [0.15, 0.2) is 11.9 Å². The van der Waals surface area contributed by atoms with Crippen LogP contribution in [-0.2, 0) is 39.8 Å². The second-order valence-electron chi connectivity index (χ2n) is 17.6. The van der Waals surface area contributed by atoms with Gasteiger partial charge in [-0.3, -0.25) is 9.59 Å². The molecule has 3 spiro atoms. The molecule has 264 valence electrons. The Kier molecular flexibility index (Phi) is 7.30. The minimum absolute atomic E-state index is 0.0769. The van der Waals surface area contributed by atoms with Gasteiger partial charge in [0.25, 0.3) is 0 Å². The van der Waals surface area contributed by atoms with Crippen LogP contribution in [-0.4, -0.2) is 58.9 Å². The van der Waals surface area contributed by atoms with Gasteiger partial charge >= 0.3 is 11.9 Å². The van der Waals surface area contributed by atoms with Gasteiger partial charge in [-0.2, -0.15) is 0 Å². The van der Waals surface area contributed by atoms with Crippen LogP contribution in [0.2, 0.25) is 0 Å². The van der Waals surface area contributed by atoms with Gasteiger partial charge in [-0.15, -0.1) is 0 Å². The van der Waals surface area contributed by atoms with Crippen molar-refractivity contribution in [3.63, 3.8) is 0 Å². The maximum absolute atomic E-state index is 15.1. The van der Waals surface area contributed by atoms with E-state index >= 15 is 4.79 Å². The Morgan fingerprint density at radius 3 is 2.46 bits per heavy atom. The Morgan fingerprint density at radius 1 is 1.00 bits per heavy atom. The van der Waals surface area contributed by atoms with Crippen LogP contribution in [0.4, 0.5) is 0 Å². The summed E-state index contributed by atoms with van der Waals surface area (Å²) >= 11 is 0. The van der Waals surface area contributed by atoms with Gasteiger partial charge in [-0.05, 0) is 69.8 Å². The second-order valence-corrected chi connectivity index (χ2v) is 17.6. The Morgan fingerprint density at radius 2 is 1.75 bits per heavy atom. The molecule has 4 aliphatic heterocycles. The molecule has 4 saturated heterocycles. The molecule has 9 nitrogen and oxygen atoms in total. The molecule has 48 heavy (non-hydrogen) atoms. The predicted octanol–water partition coefficient (Wildman–Crippen LogP) is 6.43. The average molecular weight is 667 g/mol. The SMILES string of the molecule is CCCCCc1occc1[C@@H]1OC(=O)[C@H]2O[C@]23[C@]2(C)[C@H](O)C(=O)[C@H]4[C@@]5(COC(=O)C6(CCCC6)[C@@H]5O[C@@]4(C)CCC(C)C)[C@H]2CC[C@@]13C. The molecule has 11 atom stereocenters. The lowest BCUT2D eigenvalue weighted by molar-refractivity contribution is -0.264. The normalized spacial score (nSPS) is 46.8. The molecule has 0 bridgehead atoms. The highest BCUT2D eigenvalue weighted by Gasteiger charge is 2.91. The van der Waals surface area contributed by atoms with Crippen molar-refractivity contribution in [2.24, 2.45) is 39.4 Å². The van der Waals surface area contributed by atoms with E-state index in [1.54, 1.807) is 6.26 Å². The second kappa shape index (κ2) is 10.6. The third-order valence-corrected chi connectivity index (χ3v) is 14.9. The number of epoxide rings is 1. The number of carbonyl (C=O) groups excluding carboxylic acids is 3. The van der Waals surface area contributed by atoms with Crippen molar-refractivity contribution in [3.8, 4) is 0 Å². The molecule has 0 radical (unpaired) electrons. The van der Waals surface area contributed by atoms with Crippen LogP contribution in [0.3, 0.4) is 0 Å². The zero-order valence-electron chi connectivity index (χ0n) is 29.6. The molecular weight excluding hydrogens is 612 g/mol. The largest absolute Gasteiger partial charge is 0.469 e. The number of carbonyl (C=O) groups is 3. The first-order valence-corrected chi connectivity index (χ1v) is 18.8. The zero-order valence-corrected chi connectivity index (χ0v) is 29.6. The smallest absolute Gasteiger partial charge is 0.339 e. The number of Topliss-reactive ketones (excluding diaryl/α,β-unsaturated/α-hetero) is 1. The Labute approximate surface area is 284 Å². The molecule has 5 heterocycles. The zero-order chi connectivity index (χ0) is 34.1. The van der Waals surface area contributed by atoms with Crippen molar-refractivity contribution in [1.29, 1.82) is 0 Å². The van der Waals surface area contributed by atoms with Crippen molar-refractivity contribution in [3.05, 3.63) is 23.7 Å². The number of unbranched alkanes of at least 4 members (excludes halogenated alkanes) is 2. The summed E-state index contributed by atoms with van der Waals surface area (Å²) in [6, 6.07) is 1.91. The number of esters is 2. The van der Waals surface area contributed by atoms with Gasteiger partial charge in [0, 0.05) is 28.2 Å². The summed E-state index contributed by atoms with van der Waals surface area (Å²) in [7, 11) is 0. The molecule has 3 saturated carbocycles.